The Bertz CT molecular complexity index is 393. The summed E-state index contributed by atoms with van der Waals surface area (Å²) < 4.78 is 45.8. The maximum Gasteiger partial charge on any atom is 0.573 e. The first-order chi connectivity index (χ1) is 8.01. The number of alkyl halides is 3. The van der Waals surface area contributed by atoms with Crippen molar-refractivity contribution in [2.75, 3.05) is 18.6 Å². The zero-order chi connectivity index (χ0) is 12.5. The van der Waals surface area contributed by atoms with Gasteiger partial charge in [-0.1, -0.05) is 12.1 Å². The van der Waals surface area contributed by atoms with Crippen molar-refractivity contribution in [3.8, 4) is 5.75 Å². The van der Waals surface area contributed by atoms with Gasteiger partial charge in [-0.3, -0.25) is 0 Å². The van der Waals surface area contributed by atoms with E-state index in [0.29, 0.717) is 12.2 Å². The minimum atomic E-state index is -4.68. The highest BCUT2D eigenvalue weighted by atomic mass is 19.4. The fourth-order valence-corrected chi connectivity index (χ4v) is 1.79. The maximum atomic E-state index is 12.2. The zero-order valence-electron chi connectivity index (χ0n) is 9.20. The topological polar surface area (TPSA) is 21.7 Å². The fourth-order valence-electron chi connectivity index (χ4n) is 1.79. The van der Waals surface area contributed by atoms with Crippen molar-refractivity contribution in [1.82, 2.24) is 0 Å². The molecule has 1 fully saturated rings. The van der Waals surface area contributed by atoms with E-state index in [0.717, 1.165) is 6.42 Å². The molecule has 17 heavy (non-hydrogen) atoms. The second kappa shape index (κ2) is 4.44. The van der Waals surface area contributed by atoms with E-state index >= 15 is 0 Å². The second-order valence-electron chi connectivity index (χ2n) is 3.69. The Labute approximate surface area is 96.7 Å². The molecule has 6 heteroatoms. The molecule has 0 N–H and O–H groups in total. The molecule has 1 unspecified atom stereocenters. The SMILES string of the molecule is COC1CCN1c1ccccc1OC(F)(F)F. The van der Waals surface area contributed by atoms with Crippen molar-refractivity contribution in [1.29, 1.82) is 0 Å². The third-order valence-corrected chi connectivity index (χ3v) is 2.64. The largest absolute Gasteiger partial charge is 0.573 e. The Kier molecular flexibility index (Phi) is 3.15. The van der Waals surface area contributed by atoms with Crippen LogP contribution in [0, 0.1) is 0 Å². The number of halogens is 3. The van der Waals surface area contributed by atoms with Crippen LogP contribution in [0.1, 0.15) is 6.42 Å². The Morgan fingerprint density at radius 1 is 1.29 bits per heavy atom. The number of rotatable bonds is 3. The van der Waals surface area contributed by atoms with Crippen LogP contribution in [0.3, 0.4) is 0 Å². The summed E-state index contributed by atoms with van der Waals surface area (Å²) in [6, 6.07) is 6.07. The highest BCUT2D eigenvalue weighted by molar-refractivity contribution is 5.60. The van der Waals surface area contributed by atoms with Gasteiger partial charge >= 0.3 is 6.36 Å². The van der Waals surface area contributed by atoms with Crippen LogP contribution >= 0.6 is 0 Å². The number of hydrogen-bond donors (Lipinski definition) is 0. The van der Waals surface area contributed by atoms with Gasteiger partial charge in [0.05, 0.1) is 5.69 Å². The van der Waals surface area contributed by atoms with Gasteiger partial charge in [-0.05, 0) is 12.1 Å². The van der Waals surface area contributed by atoms with Crippen LogP contribution in [-0.2, 0) is 4.74 Å². The molecule has 1 atom stereocenters. The lowest BCUT2D eigenvalue weighted by Gasteiger charge is -2.42. The van der Waals surface area contributed by atoms with Crippen LogP contribution in [0.15, 0.2) is 24.3 Å². The van der Waals surface area contributed by atoms with Crippen LogP contribution in [0.2, 0.25) is 0 Å². The van der Waals surface area contributed by atoms with Gasteiger partial charge in [-0.25, -0.2) is 0 Å². The first kappa shape index (κ1) is 12.0. The summed E-state index contributed by atoms with van der Waals surface area (Å²) in [5.41, 5.74) is 0.405. The molecule has 1 aliphatic heterocycles. The number of benzene rings is 1. The minimum absolute atomic E-state index is 0.173. The molecule has 0 amide bonds. The summed E-state index contributed by atoms with van der Waals surface area (Å²) in [4.78, 5) is 1.74. The van der Waals surface area contributed by atoms with Gasteiger partial charge in [0.25, 0.3) is 0 Å². The summed E-state index contributed by atoms with van der Waals surface area (Å²) in [6.45, 7) is 0.663. The quantitative estimate of drug-likeness (QED) is 0.819. The Morgan fingerprint density at radius 2 is 2.00 bits per heavy atom. The van der Waals surface area contributed by atoms with Crippen LogP contribution in [0.5, 0.6) is 5.75 Å². The highest BCUT2D eigenvalue weighted by Gasteiger charge is 2.35. The average Bonchev–Trinajstić information content (AvgIpc) is 2.18. The lowest BCUT2D eigenvalue weighted by molar-refractivity contribution is -0.274. The highest BCUT2D eigenvalue weighted by Crippen LogP contribution is 2.37. The van der Waals surface area contributed by atoms with Crippen molar-refractivity contribution < 1.29 is 22.6 Å². The van der Waals surface area contributed by atoms with Crippen molar-refractivity contribution in [2.24, 2.45) is 0 Å². The Hall–Kier alpha value is -1.43. The first-order valence-electron chi connectivity index (χ1n) is 5.15. The third kappa shape index (κ3) is 2.63. The van der Waals surface area contributed by atoms with E-state index in [9.17, 15) is 13.2 Å². The van der Waals surface area contributed by atoms with E-state index in [1.165, 1.54) is 19.2 Å². The predicted octanol–water partition coefficient (Wildman–Crippen LogP) is 2.77. The molecular formula is C11H12F3NO2. The molecule has 0 aliphatic carbocycles. The van der Waals surface area contributed by atoms with Gasteiger partial charge in [0.2, 0.25) is 0 Å². The van der Waals surface area contributed by atoms with Crippen molar-refractivity contribution in [3.05, 3.63) is 24.3 Å². The number of anilines is 1. The smallest absolute Gasteiger partial charge is 0.404 e. The molecular weight excluding hydrogens is 235 g/mol. The molecule has 1 aromatic carbocycles. The van der Waals surface area contributed by atoms with E-state index in [2.05, 4.69) is 4.74 Å². The van der Waals surface area contributed by atoms with Gasteiger partial charge in [0, 0.05) is 20.1 Å². The fraction of sp³-hybridized carbons (Fsp3) is 0.455. The van der Waals surface area contributed by atoms with Crippen molar-refractivity contribution in [2.45, 2.75) is 19.0 Å². The summed E-state index contributed by atoms with van der Waals surface area (Å²) in [7, 11) is 1.53. The average molecular weight is 247 g/mol. The lowest BCUT2D eigenvalue weighted by atomic mass is 10.1. The van der Waals surface area contributed by atoms with Gasteiger partial charge in [-0.2, -0.15) is 0 Å². The van der Waals surface area contributed by atoms with E-state index < -0.39 is 6.36 Å². The number of ether oxygens (including phenoxy) is 2. The monoisotopic (exact) mass is 247 g/mol. The van der Waals surface area contributed by atoms with E-state index in [1.807, 2.05) is 0 Å². The molecule has 1 aliphatic rings. The van der Waals surface area contributed by atoms with E-state index in [4.69, 9.17) is 4.74 Å². The van der Waals surface area contributed by atoms with Gasteiger partial charge in [-0.15, -0.1) is 13.2 Å². The minimum Gasteiger partial charge on any atom is -0.404 e. The number of nitrogens with zero attached hydrogens (tertiary/aromatic N) is 1. The molecule has 1 heterocycles. The molecule has 3 nitrogen and oxygen atoms in total. The van der Waals surface area contributed by atoms with Crippen molar-refractivity contribution in [3.63, 3.8) is 0 Å². The Balaban J connectivity index is 2.22. The van der Waals surface area contributed by atoms with Crippen LogP contribution < -0.4 is 9.64 Å². The second-order valence-corrected chi connectivity index (χ2v) is 3.69. The Morgan fingerprint density at radius 3 is 2.53 bits per heavy atom. The van der Waals surface area contributed by atoms with E-state index in [-0.39, 0.29) is 12.0 Å². The maximum absolute atomic E-state index is 12.2. The number of para-hydroxylation sites is 2. The number of methoxy groups -OCH3 is 1. The number of hydrogen-bond acceptors (Lipinski definition) is 3. The van der Waals surface area contributed by atoms with Crippen LogP contribution in [-0.4, -0.2) is 26.2 Å². The summed E-state index contributed by atoms with van der Waals surface area (Å²) >= 11 is 0. The van der Waals surface area contributed by atoms with Gasteiger partial charge in [0.15, 0.2) is 5.75 Å². The van der Waals surface area contributed by atoms with Gasteiger partial charge in [0.1, 0.15) is 6.23 Å². The molecule has 0 aromatic heterocycles. The van der Waals surface area contributed by atoms with Crippen LogP contribution in [0.4, 0.5) is 18.9 Å². The normalized spacial score (nSPS) is 20.0. The molecule has 0 bridgehead atoms. The zero-order valence-corrected chi connectivity index (χ0v) is 9.20. The summed E-state index contributed by atoms with van der Waals surface area (Å²) in [5, 5.41) is 0. The molecule has 0 saturated carbocycles. The molecule has 2 rings (SSSR count). The predicted molar refractivity (Wildman–Crippen MR) is 55.9 cm³/mol. The third-order valence-electron chi connectivity index (χ3n) is 2.64. The first-order valence-corrected chi connectivity index (χ1v) is 5.15. The van der Waals surface area contributed by atoms with Crippen LogP contribution in [0.25, 0.3) is 0 Å². The molecule has 1 aromatic rings. The summed E-state index contributed by atoms with van der Waals surface area (Å²) in [5.74, 6) is -0.193. The van der Waals surface area contributed by atoms with E-state index in [1.54, 1.807) is 17.0 Å². The molecule has 1 saturated heterocycles. The van der Waals surface area contributed by atoms with Gasteiger partial charge < -0.3 is 14.4 Å². The molecule has 0 spiro atoms. The van der Waals surface area contributed by atoms with Crippen molar-refractivity contribution >= 4 is 5.69 Å². The molecule has 94 valence electrons. The molecule has 0 radical (unpaired) electrons. The lowest BCUT2D eigenvalue weighted by Crippen LogP contribution is -2.49. The standard InChI is InChI=1S/C11H12F3NO2/c1-16-10-6-7-15(10)8-4-2-3-5-9(8)17-11(12,13)14/h2-5,10H,6-7H2,1H3. The summed E-state index contributed by atoms with van der Waals surface area (Å²) in [6.07, 6.45) is -4.05.